The zero-order valence-electron chi connectivity index (χ0n) is 16.0. The lowest BCUT2D eigenvalue weighted by Gasteiger charge is -2.14. The first-order valence-electron chi connectivity index (χ1n) is 8.86. The van der Waals surface area contributed by atoms with Crippen LogP contribution in [0.2, 0.25) is 0 Å². The number of nitrogens with one attached hydrogen (secondary N) is 2. The second-order valence-corrected chi connectivity index (χ2v) is 6.30. The van der Waals surface area contributed by atoms with E-state index in [9.17, 15) is 24.5 Å². The third kappa shape index (κ3) is 6.73. The molecular formula is C20H21N3O6. The first-order chi connectivity index (χ1) is 13.8. The highest BCUT2D eigenvalue weighted by molar-refractivity contribution is 5.95. The van der Waals surface area contributed by atoms with Crippen LogP contribution in [0.15, 0.2) is 48.5 Å². The predicted molar refractivity (Wildman–Crippen MR) is 105 cm³/mol. The van der Waals surface area contributed by atoms with Gasteiger partial charge in [0.2, 0.25) is 0 Å². The molecule has 0 aliphatic carbocycles. The molecule has 0 aliphatic rings. The van der Waals surface area contributed by atoms with Crippen LogP contribution in [0.4, 0.5) is 11.4 Å². The standard InChI is InChI=1S/C20H21N3O6/c1-13-4-3-5-16(12-13)22-19(25)14(2)29-18(24)10-11-21-20(26)15-6-8-17(9-7-15)23(27)28/h3-9,12,14H,10-11H2,1-2H3,(H,21,26)(H,22,25)/t14-/m0/s1. The van der Waals surface area contributed by atoms with Crippen LogP contribution in [0.5, 0.6) is 0 Å². The minimum atomic E-state index is -0.992. The van der Waals surface area contributed by atoms with Gasteiger partial charge in [0.05, 0.1) is 11.3 Å². The van der Waals surface area contributed by atoms with Gasteiger partial charge in [0, 0.05) is 29.9 Å². The van der Waals surface area contributed by atoms with E-state index in [4.69, 9.17) is 4.74 Å². The summed E-state index contributed by atoms with van der Waals surface area (Å²) in [6.07, 6.45) is -1.12. The lowest BCUT2D eigenvalue weighted by molar-refractivity contribution is -0.384. The van der Waals surface area contributed by atoms with Gasteiger partial charge in [0.1, 0.15) is 0 Å². The summed E-state index contributed by atoms with van der Waals surface area (Å²) in [4.78, 5) is 46.0. The van der Waals surface area contributed by atoms with E-state index in [0.29, 0.717) is 5.69 Å². The summed E-state index contributed by atoms with van der Waals surface area (Å²) in [6, 6.07) is 12.3. The number of benzene rings is 2. The van der Waals surface area contributed by atoms with Gasteiger partial charge in [-0.05, 0) is 43.7 Å². The monoisotopic (exact) mass is 399 g/mol. The molecule has 2 aromatic rings. The predicted octanol–water partition coefficient (Wildman–Crippen LogP) is 2.59. The lowest BCUT2D eigenvalue weighted by atomic mass is 10.2. The third-order valence-corrected chi connectivity index (χ3v) is 3.92. The van der Waals surface area contributed by atoms with Crippen LogP contribution < -0.4 is 10.6 Å². The molecule has 29 heavy (non-hydrogen) atoms. The summed E-state index contributed by atoms with van der Waals surface area (Å²) >= 11 is 0. The summed E-state index contributed by atoms with van der Waals surface area (Å²) in [5.74, 6) is -1.57. The Kier molecular flexibility index (Phi) is 7.41. The minimum Gasteiger partial charge on any atom is -0.452 e. The number of carbonyl (C=O) groups is 3. The molecule has 1 atom stereocenters. The molecule has 0 radical (unpaired) electrons. The van der Waals surface area contributed by atoms with Crippen molar-refractivity contribution in [2.24, 2.45) is 0 Å². The van der Waals surface area contributed by atoms with Gasteiger partial charge in [-0.25, -0.2) is 0 Å². The van der Waals surface area contributed by atoms with Crippen LogP contribution in [0.25, 0.3) is 0 Å². The summed E-state index contributed by atoms with van der Waals surface area (Å²) in [5, 5.41) is 15.8. The van der Waals surface area contributed by atoms with Crippen LogP contribution in [0, 0.1) is 17.0 Å². The fourth-order valence-electron chi connectivity index (χ4n) is 2.39. The van der Waals surface area contributed by atoms with Gasteiger partial charge in [-0.15, -0.1) is 0 Å². The largest absolute Gasteiger partial charge is 0.452 e. The highest BCUT2D eigenvalue weighted by atomic mass is 16.6. The van der Waals surface area contributed by atoms with E-state index in [1.54, 1.807) is 18.2 Å². The molecule has 2 rings (SSSR count). The normalized spacial score (nSPS) is 11.2. The average molecular weight is 399 g/mol. The van der Waals surface area contributed by atoms with Crippen molar-refractivity contribution in [3.05, 3.63) is 69.8 Å². The Morgan fingerprint density at radius 1 is 1.14 bits per heavy atom. The molecule has 0 aromatic heterocycles. The number of rotatable bonds is 8. The maximum atomic E-state index is 12.1. The number of hydrogen-bond donors (Lipinski definition) is 2. The second-order valence-electron chi connectivity index (χ2n) is 6.30. The van der Waals surface area contributed by atoms with Crippen molar-refractivity contribution in [3.63, 3.8) is 0 Å². The molecule has 0 spiro atoms. The quantitative estimate of drug-likeness (QED) is 0.399. The van der Waals surface area contributed by atoms with Crippen molar-refractivity contribution in [1.29, 1.82) is 0 Å². The number of anilines is 1. The molecule has 0 saturated heterocycles. The Labute approximate surface area is 167 Å². The molecule has 0 fully saturated rings. The smallest absolute Gasteiger partial charge is 0.308 e. The number of hydrogen-bond acceptors (Lipinski definition) is 6. The van der Waals surface area contributed by atoms with E-state index < -0.39 is 28.8 Å². The van der Waals surface area contributed by atoms with Crippen LogP contribution in [0.3, 0.4) is 0 Å². The van der Waals surface area contributed by atoms with Gasteiger partial charge in [-0.1, -0.05) is 12.1 Å². The van der Waals surface area contributed by atoms with E-state index in [-0.39, 0.29) is 24.2 Å². The zero-order chi connectivity index (χ0) is 21.4. The van der Waals surface area contributed by atoms with Gasteiger partial charge in [0.15, 0.2) is 6.10 Å². The number of nitrogens with zero attached hydrogens (tertiary/aromatic N) is 1. The van der Waals surface area contributed by atoms with E-state index in [0.717, 1.165) is 5.56 Å². The molecule has 2 aromatic carbocycles. The van der Waals surface area contributed by atoms with Crippen molar-refractivity contribution in [2.45, 2.75) is 26.4 Å². The minimum absolute atomic E-state index is 0.000866. The summed E-state index contributed by atoms with van der Waals surface area (Å²) in [6.45, 7) is 3.35. The summed E-state index contributed by atoms with van der Waals surface area (Å²) < 4.78 is 5.07. The Bertz CT molecular complexity index is 911. The van der Waals surface area contributed by atoms with Crippen molar-refractivity contribution in [2.75, 3.05) is 11.9 Å². The van der Waals surface area contributed by atoms with Crippen molar-refractivity contribution in [1.82, 2.24) is 5.32 Å². The van der Waals surface area contributed by atoms with E-state index in [2.05, 4.69) is 10.6 Å². The molecule has 152 valence electrons. The zero-order valence-corrected chi connectivity index (χ0v) is 16.0. The highest BCUT2D eigenvalue weighted by Gasteiger charge is 2.18. The van der Waals surface area contributed by atoms with Crippen LogP contribution in [-0.4, -0.2) is 35.4 Å². The van der Waals surface area contributed by atoms with E-state index in [1.807, 2.05) is 13.0 Å². The summed E-state index contributed by atoms with van der Waals surface area (Å²) in [5.41, 5.74) is 1.70. The van der Waals surface area contributed by atoms with E-state index in [1.165, 1.54) is 31.2 Å². The average Bonchev–Trinajstić information content (AvgIpc) is 2.67. The van der Waals surface area contributed by atoms with Gasteiger partial charge in [-0.2, -0.15) is 0 Å². The highest BCUT2D eigenvalue weighted by Crippen LogP contribution is 2.12. The molecular weight excluding hydrogens is 378 g/mol. The van der Waals surface area contributed by atoms with Crippen molar-refractivity contribution < 1.29 is 24.0 Å². The number of esters is 1. The van der Waals surface area contributed by atoms with Crippen LogP contribution in [0.1, 0.15) is 29.3 Å². The van der Waals surface area contributed by atoms with E-state index >= 15 is 0 Å². The molecule has 0 heterocycles. The molecule has 2 N–H and O–H groups in total. The van der Waals surface area contributed by atoms with Crippen molar-refractivity contribution in [3.8, 4) is 0 Å². The van der Waals surface area contributed by atoms with Gasteiger partial charge in [-0.3, -0.25) is 24.5 Å². The maximum absolute atomic E-state index is 12.1. The molecule has 9 heteroatoms. The Morgan fingerprint density at radius 2 is 1.83 bits per heavy atom. The fraction of sp³-hybridized carbons (Fsp3) is 0.250. The second kappa shape index (κ2) is 9.98. The fourth-order valence-corrected chi connectivity index (χ4v) is 2.39. The number of carbonyl (C=O) groups excluding carboxylic acids is 3. The maximum Gasteiger partial charge on any atom is 0.308 e. The summed E-state index contributed by atoms with van der Waals surface area (Å²) in [7, 11) is 0. The number of nitro benzene ring substituents is 1. The SMILES string of the molecule is Cc1cccc(NC(=O)[C@H](C)OC(=O)CCNC(=O)c2ccc([N+](=O)[O-])cc2)c1. The van der Waals surface area contributed by atoms with Crippen molar-refractivity contribution >= 4 is 29.2 Å². The molecule has 0 saturated carbocycles. The van der Waals surface area contributed by atoms with Crippen LogP contribution in [-0.2, 0) is 14.3 Å². The van der Waals surface area contributed by atoms with Gasteiger partial charge >= 0.3 is 5.97 Å². The topological polar surface area (TPSA) is 128 Å². The molecule has 9 nitrogen and oxygen atoms in total. The molecule has 2 amide bonds. The first kappa shape index (κ1) is 21.5. The van der Waals surface area contributed by atoms with Crippen LogP contribution >= 0.6 is 0 Å². The number of aryl methyl sites for hydroxylation is 1. The number of non-ortho nitro benzene ring substituents is 1. The first-order valence-corrected chi connectivity index (χ1v) is 8.86. The number of amides is 2. The molecule has 0 unspecified atom stereocenters. The Morgan fingerprint density at radius 3 is 2.45 bits per heavy atom. The lowest BCUT2D eigenvalue weighted by Crippen LogP contribution is -2.32. The van der Waals surface area contributed by atoms with Gasteiger partial charge < -0.3 is 15.4 Å². The molecule has 0 bridgehead atoms. The Balaban J connectivity index is 1.75. The molecule has 0 aliphatic heterocycles. The number of ether oxygens (including phenoxy) is 1. The Hall–Kier alpha value is -3.75. The number of nitro groups is 1. The van der Waals surface area contributed by atoms with Gasteiger partial charge in [0.25, 0.3) is 17.5 Å². The third-order valence-electron chi connectivity index (χ3n) is 3.92.